The van der Waals surface area contributed by atoms with Gasteiger partial charge in [-0.15, -0.1) is 22.7 Å². The van der Waals surface area contributed by atoms with Gasteiger partial charge in [-0.2, -0.15) is 0 Å². The lowest BCUT2D eigenvalue weighted by Gasteiger charge is -2.07. The molecule has 1 amide bonds. The largest absolute Gasteiger partial charge is 0.489 e. The van der Waals surface area contributed by atoms with Crippen LogP contribution in [0.4, 0.5) is 5.00 Å². The molecule has 3 aromatic rings. The molecule has 0 atom stereocenters. The molecule has 3 rings (SSSR count). The van der Waals surface area contributed by atoms with Gasteiger partial charge in [-0.25, -0.2) is 4.79 Å². The molecule has 140 valence electrons. The first kappa shape index (κ1) is 19.1. The zero-order chi connectivity index (χ0) is 19.4. The number of nitrogens with one attached hydrogen (secondary N) is 1. The van der Waals surface area contributed by atoms with Crippen LogP contribution in [0.1, 0.15) is 36.0 Å². The summed E-state index contributed by atoms with van der Waals surface area (Å²) in [6.07, 6.45) is 0. The van der Waals surface area contributed by atoms with Crippen LogP contribution in [0, 0.1) is 13.8 Å². The van der Waals surface area contributed by atoms with Crippen LogP contribution in [0.25, 0.3) is 0 Å². The summed E-state index contributed by atoms with van der Waals surface area (Å²) in [6.45, 7) is 4.25. The Bertz CT molecular complexity index is 974. The van der Waals surface area contributed by atoms with Crippen molar-refractivity contribution < 1.29 is 19.1 Å². The molecule has 0 aliphatic rings. The van der Waals surface area contributed by atoms with Crippen molar-refractivity contribution in [2.75, 3.05) is 12.4 Å². The Balaban J connectivity index is 1.67. The second kappa shape index (κ2) is 8.37. The van der Waals surface area contributed by atoms with Crippen molar-refractivity contribution in [3.63, 3.8) is 0 Å². The van der Waals surface area contributed by atoms with Crippen molar-refractivity contribution in [3.8, 4) is 5.75 Å². The molecule has 2 aromatic heterocycles. The van der Waals surface area contributed by atoms with Crippen molar-refractivity contribution in [1.29, 1.82) is 0 Å². The summed E-state index contributed by atoms with van der Waals surface area (Å²) in [5.74, 6) is 0.105. The second-order valence-corrected chi connectivity index (χ2v) is 8.09. The molecule has 0 bridgehead atoms. The molecule has 27 heavy (non-hydrogen) atoms. The Kier molecular flexibility index (Phi) is 5.93. The molecule has 1 N–H and O–H groups in total. The van der Waals surface area contributed by atoms with E-state index in [-0.39, 0.29) is 5.91 Å². The van der Waals surface area contributed by atoms with Gasteiger partial charge in [0.1, 0.15) is 17.4 Å². The molecule has 7 heteroatoms. The Labute approximate surface area is 165 Å². The van der Waals surface area contributed by atoms with E-state index in [0.29, 0.717) is 22.0 Å². The summed E-state index contributed by atoms with van der Waals surface area (Å²) >= 11 is 2.68. The normalized spacial score (nSPS) is 10.5. The number of anilines is 1. The van der Waals surface area contributed by atoms with E-state index in [1.165, 1.54) is 29.8 Å². The topological polar surface area (TPSA) is 64.6 Å². The maximum absolute atomic E-state index is 12.5. The molecule has 0 saturated carbocycles. The van der Waals surface area contributed by atoms with E-state index in [0.717, 1.165) is 21.8 Å². The number of para-hydroxylation sites is 1. The summed E-state index contributed by atoms with van der Waals surface area (Å²) in [5, 5.41) is 5.20. The van der Waals surface area contributed by atoms with Gasteiger partial charge in [0.25, 0.3) is 5.91 Å². The minimum atomic E-state index is -0.465. The van der Waals surface area contributed by atoms with Crippen LogP contribution < -0.4 is 10.1 Å². The fraction of sp³-hybridized carbons (Fsp3) is 0.200. The standard InChI is InChI=1S/C20H19NO4S2/c1-12-6-4-5-7-16(12)25-10-14-9-17(26-11-14)18(22)21-19-15(20(23)24-3)8-13(2)27-19/h4-9,11H,10H2,1-3H3,(H,21,22). The number of ether oxygens (including phenoxy) is 2. The summed E-state index contributed by atoms with van der Waals surface area (Å²) < 4.78 is 10.6. The third-order valence-corrected chi connectivity index (χ3v) is 5.80. The van der Waals surface area contributed by atoms with Crippen LogP contribution >= 0.6 is 22.7 Å². The average Bonchev–Trinajstić information content (AvgIpc) is 3.27. The summed E-state index contributed by atoms with van der Waals surface area (Å²) in [5.41, 5.74) is 2.35. The fourth-order valence-corrected chi connectivity index (χ4v) is 4.17. The third-order valence-electron chi connectivity index (χ3n) is 3.85. The minimum Gasteiger partial charge on any atom is -0.489 e. The highest BCUT2D eigenvalue weighted by Gasteiger charge is 2.19. The first-order valence-electron chi connectivity index (χ1n) is 8.24. The number of hydrogen-bond donors (Lipinski definition) is 1. The van der Waals surface area contributed by atoms with E-state index in [4.69, 9.17) is 9.47 Å². The molecular formula is C20H19NO4S2. The quantitative estimate of drug-likeness (QED) is 0.588. The predicted molar refractivity (Wildman–Crippen MR) is 108 cm³/mol. The summed E-state index contributed by atoms with van der Waals surface area (Å²) in [6, 6.07) is 11.3. The number of esters is 1. The molecule has 0 radical (unpaired) electrons. The predicted octanol–water partition coefficient (Wildman–Crippen LogP) is 5.04. The molecular weight excluding hydrogens is 382 g/mol. The number of thiophene rings is 2. The van der Waals surface area contributed by atoms with Crippen molar-refractivity contribution in [2.24, 2.45) is 0 Å². The maximum Gasteiger partial charge on any atom is 0.340 e. The van der Waals surface area contributed by atoms with Gasteiger partial charge in [0.05, 0.1) is 17.6 Å². The van der Waals surface area contributed by atoms with E-state index in [1.54, 1.807) is 12.1 Å². The average molecular weight is 402 g/mol. The fourth-order valence-electron chi connectivity index (χ4n) is 2.48. The van der Waals surface area contributed by atoms with E-state index in [2.05, 4.69) is 5.32 Å². The number of hydrogen-bond acceptors (Lipinski definition) is 6. The molecule has 1 aromatic carbocycles. The molecule has 5 nitrogen and oxygen atoms in total. The lowest BCUT2D eigenvalue weighted by Crippen LogP contribution is -2.12. The van der Waals surface area contributed by atoms with Crippen molar-refractivity contribution in [2.45, 2.75) is 20.5 Å². The Morgan fingerprint density at radius 3 is 2.67 bits per heavy atom. The van der Waals surface area contributed by atoms with E-state index in [9.17, 15) is 9.59 Å². The van der Waals surface area contributed by atoms with Gasteiger partial charge in [0.15, 0.2) is 0 Å². The SMILES string of the molecule is COC(=O)c1cc(C)sc1NC(=O)c1cc(COc2ccccc2C)cs1. The van der Waals surface area contributed by atoms with Gasteiger partial charge in [0.2, 0.25) is 0 Å². The van der Waals surface area contributed by atoms with E-state index >= 15 is 0 Å². The third kappa shape index (κ3) is 4.56. The number of amides is 1. The molecule has 0 saturated heterocycles. The van der Waals surface area contributed by atoms with E-state index < -0.39 is 5.97 Å². The Hall–Kier alpha value is -2.64. The smallest absolute Gasteiger partial charge is 0.340 e. The number of rotatable bonds is 6. The highest BCUT2D eigenvalue weighted by molar-refractivity contribution is 7.17. The molecule has 2 heterocycles. The first-order chi connectivity index (χ1) is 13.0. The van der Waals surface area contributed by atoms with Crippen LogP contribution in [0.5, 0.6) is 5.75 Å². The number of aryl methyl sites for hydroxylation is 2. The van der Waals surface area contributed by atoms with Gasteiger partial charge < -0.3 is 14.8 Å². The van der Waals surface area contributed by atoms with Crippen LogP contribution in [-0.2, 0) is 11.3 Å². The lowest BCUT2D eigenvalue weighted by molar-refractivity contribution is 0.0602. The number of methoxy groups -OCH3 is 1. The van der Waals surface area contributed by atoms with Gasteiger partial charge >= 0.3 is 5.97 Å². The highest BCUT2D eigenvalue weighted by Crippen LogP contribution is 2.29. The number of carbonyl (C=O) groups is 2. The van der Waals surface area contributed by atoms with Crippen LogP contribution in [0.2, 0.25) is 0 Å². The Morgan fingerprint density at radius 1 is 1.15 bits per heavy atom. The first-order valence-corrected chi connectivity index (χ1v) is 9.93. The molecule has 0 fully saturated rings. The summed E-state index contributed by atoms with van der Waals surface area (Å²) in [4.78, 5) is 25.9. The molecule has 0 spiro atoms. The summed E-state index contributed by atoms with van der Waals surface area (Å²) in [7, 11) is 1.32. The molecule has 0 aliphatic heterocycles. The van der Waals surface area contributed by atoms with Crippen LogP contribution in [0.3, 0.4) is 0 Å². The number of benzene rings is 1. The minimum absolute atomic E-state index is 0.255. The Morgan fingerprint density at radius 2 is 1.93 bits per heavy atom. The van der Waals surface area contributed by atoms with Crippen molar-refractivity contribution in [3.05, 3.63) is 68.2 Å². The molecule has 0 unspecified atom stereocenters. The van der Waals surface area contributed by atoms with Crippen molar-refractivity contribution >= 4 is 39.6 Å². The van der Waals surface area contributed by atoms with Crippen LogP contribution in [-0.4, -0.2) is 19.0 Å². The monoisotopic (exact) mass is 401 g/mol. The highest BCUT2D eigenvalue weighted by atomic mass is 32.1. The van der Waals surface area contributed by atoms with Gasteiger partial charge in [0, 0.05) is 10.4 Å². The van der Waals surface area contributed by atoms with Gasteiger partial charge in [-0.3, -0.25) is 4.79 Å². The van der Waals surface area contributed by atoms with Gasteiger partial charge in [-0.1, -0.05) is 18.2 Å². The van der Waals surface area contributed by atoms with Crippen molar-refractivity contribution in [1.82, 2.24) is 0 Å². The molecule has 0 aliphatic carbocycles. The maximum atomic E-state index is 12.5. The van der Waals surface area contributed by atoms with Gasteiger partial charge in [-0.05, 0) is 43.0 Å². The van der Waals surface area contributed by atoms with E-state index in [1.807, 2.05) is 43.5 Å². The number of carbonyl (C=O) groups excluding carboxylic acids is 2. The lowest BCUT2D eigenvalue weighted by atomic mass is 10.2. The zero-order valence-corrected chi connectivity index (χ0v) is 16.8. The zero-order valence-electron chi connectivity index (χ0n) is 15.2. The van der Waals surface area contributed by atoms with Crippen LogP contribution in [0.15, 0.2) is 41.8 Å². The second-order valence-electron chi connectivity index (χ2n) is 5.92.